The van der Waals surface area contributed by atoms with Crippen LogP contribution < -0.4 is 5.32 Å². The molecule has 4 rings (SSSR count). The predicted octanol–water partition coefficient (Wildman–Crippen LogP) is 1.41. The lowest BCUT2D eigenvalue weighted by Crippen LogP contribution is -2.45. The molecule has 2 aliphatic rings. The first kappa shape index (κ1) is 18.7. The van der Waals surface area contributed by atoms with Crippen LogP contribution in [0.15, 0.2) is 36.4 Å². The Balaban J connectivity index is 1.26. The van der Waals surface area contributed by atoms with Crippen LogP contribution in [-0.2, 0) is 13.0 Å². The Morgan fingerprint density at radius 2 is 1.89 bits per heavy atom. The van der Waals surface area contributed by atoms with Crippen molar-refractivity contribution in [2.45, 2.75) is 31.8 Å². The largest absolute Gasteiger partial charge is 0.348 e. The summed E-state index contributed by atoms with van der Waals surface area (Å²) in [4.78, 5) is 28.9. The second kappa shape index (κ2) is 8.14. The zero-order valence-corrected chi connectivity index (χ0v) is 16.3. The molecule has 7 heteroatoms. The Labute approximate surface area is 165 Å². The number of rotatable bonds is 5. The number of amides is 2. The van der Waals surface area contributed by atoms with Crippen molar-refractivity contribution >= 4 is 11.8 Å². The summed E-state index contributed by atoms with van der Waals surface area (Å²) >= 11 is 0. The molecule has 0 aliphatic carbocycles. The van der Waals surface area contributed by atoms with Crippen LogP contribution in [0, 0.1) is 0 Å². The SMILES string of the molecule is CN1CCn2nc(C(=O)NC3CCN(CCc4ccccc4)CC3)cc2C1=O. The molecule has 2 aliphatic heterocycles. The van der Waals surface area contributed by atoms with Crippen LogP contribution in [0.4, 0.5) is 0 Å². The van der Waals surface area contributed by atoms with Crippen LogP contribution in [0.3, 0.4) is 0 Å². The summed E-state index contributed by atoms with van der Waals surface area (Å²) < 4.78 is 1.64. The van der Waals surface area contributed by atoms with Gasteiger partial charge in [0.25, 0.3) is 11.8 Å². The number of benzene rings is 1. The molecule has 1 saturated heterocycles. The van der Waals surface area contributed by atoms with E-state index in [9.17, 15) is 9.59 Å². The molecule has 0 radical (unpaired) electrons. The van der Waals surface area contributed by atoms with E-state index in [4.69, 9.17) is 0 Å². The number of fused-ring (bicyclic) bond motifs is 1. The molecule has 0 spiro atoms. The highest BCUT2D eigenvalue weighted by Crippen LogP contribution is 2.15. The lowest BCUT2D eigenvalue weighted by molar-refractivity contribution is 0.0741. The fraction of sp³-hybridized carbons (Fsp3) is 0.476. The molecular weight excluding hydrogens is 354 g/mol. The summed E-state index contributed by atoms with van der Waals surface area (Å²) in [6.07, 6.45) is 2.94. The zero-order valence-electron chi connectivity index (χ0n) is 16.3. The molecule has 28 heavy (non-hydrogen) atoms. The van der Waals surface area contributed by atoms with E-state index in [0.29, 0.717) is 24.5 Å². The van der Waals surface area contributed by atoms with Crippen molar-refractivity contribution in [3.63, 3.8) is 0 Å². The highest BCUT2D eigenvalue weighted by Gasteiger charge is 2.27. The number of nitrogens with zero attached hydrogens (tertiary/aromatic N) is 4. The minimum absolute atomic E-state index is 0.0791. The molecular formula is C21H27N5O2. The molecule has 1 aromatic carbocycles. The molecule has 2 aromatic rings. The molecule has 0 atom stereocenters. The fourth-order valence-electron chi connectivity index (χ4n) is 3.90. The zero-order chi connectivity index (χ0) is 19.5. The molecule has 1 N–H and O–H groups in total. The van der Waals surface area contributed by atoms with Gasteiger partial charge in [0.1, 0.15) is 5.69 Å². The maximum Gasteiger partial charge on any atom is 0.272 e. The van der Waals surface area contributed by atoms with E-state index in [1.54, 1.807) is 22.7 Å². The van der Waals surface area contributed by atoms with Gasteiger partial charge in [-0.1, -0.05) is 30.3 Å². The molecule has 7 nitrogen and oxygen atoms in total. The van der Waals surface area contributed by atoms with Crippen molar-refractivity contribution in [3.8, 4) is 0 Å². The minimum Gasteiger partial charge on any atom is -0.348 e. The number of piperidine rings is 1. The number of hydrogen-bond donors (Lipinski definition) is 1. The average molecular weight is 381 g/mol. The third-order valence-electron chi connectivity index (χ3n) is 5.71. The lowest BCUT2D eigenvalue weighted by Gasteiger charge is -2.32. The van der Waals surface area contributed by atoms with Gasteiger partial charge in [-0.05, 0) is 24.8 Å². The first-order chi connectivity index (χ1) is 13.6. The standard InChI is InChI=1S/C21H27N5O2/c1-24-13-14-26-19(21(24)28)15-18(23-26)20(27)22-17-8-11-25(12-9-17)10-7-16-5-3-2-4-6-16/h2-6,15,17H,7-14H2,1H3,(H,22,27). The molecule has 0 saturated carbocycles. The van der Waals surface area contributed by atoms with Crippen molar-refractivity contribution in [2.75, 3.05) is 33.2 Å². The van der Waals surface area contributed by atoms with Gasteiger partial charge in [0, 0.05) is 45.3 Å². The minimum atomic E-state index is -0.180. The van der Waals surface area contributed by atoms with Crippen LogP contribution in [0.1, 0.15) is 39.4 Å². The highest BCUT2D eigenvalue weighted by molar-refractivity contribution is 5.98. The van der Waals surface area contributed by atoms with Gasteiger partial charge < -0.3 is 15.1 Å². The second-order valence-corrected chi connectivity index (χ2v) is 7.69. The summed E-state index contributed by atoms with van der Waals surface area (Å²) in [6.45, 7) is 4.27. The summed E-state index contributed by atoms with van der Waals surface area (Å²) in [5.74, 6) is -0.260. The first-order valence-corrected chi connectivity index (χ1v) is 10.0. The van der Waals surface area contributed by atoms with Crippen LogP contribution >= 0.6 is 0 Å². The Morgan fingerprint density at radius 3 is 2.64 bits per heavy atom. The Morgan fingerprint density at radius 1 is 1.14 bits per heavy atom. The Bertz CT molecular complexity index is 840. The van der Waals surface area contributed by atoms with Gasteiger partial charge in [-0.25, -0.2) is 0 Å². The number of aromatic nitrogens is 2. The molecule has 0 unspecified atom stereocenters. The topological polar surface area (TPSA) is 70.5 Å². The lowest BCUT2D eigenvalue weighted by atomic mass is 10.0. The van der Waals surface area contributed by atoms with Gasteiger partial charge >= 0.3 is 0 Å². The quantitative estimate of drug-likeness (QED) is 0.850. The van der Waals surface area contributed by atoms with Crippen LogP contribution in [0.2, 0.25) is 0 Å². The van der Waals surface area contributed by atoms with E-state index in [1.165, 1.54) is 5.56 Å². The summed E-state index contributed by atoms with van der Waals surface area (Å²) in [7, 11) is 1.77. The summed E-state index contributed by atoms with van der Waals surface area (Å²) in [5, 5.41) is 7.42. The van der Waals surface area contributed by atoms with Crippen LogP contribution in [0.25, 0.3) is 0 Å². The van der Waals surface area contributed by atoms with Crippen LogP contribution in [0.5, 0.6) is 0 Å². The molecule has 1 aromatic heterocycles. The van der Waals surface area contributed by atoms with Gasteiger partial charge in [-0.2, -0.15) is 5.10 Å². The van der Waals surface area contributed by atoms with Gasteiger partial charge in [-0.3, -0.25) is 14.3 Å². The second-order valence-electron chi connectivity index (χ2n) is 7.69. The Kier molecular flexibility index (Phi) is 5.43. The molecule has 1 fully saturated rings. The molecule has 2 amide bonds. The normalized spacial score (nSPS) is 18.2. The molecule has 3 heterocycles. The van der Waals surface area contributed by atoms with Crippen molar-refractivity contribution in [3.05, 3.63) is 53.3 Å². The van der Waals surface area contributed by atoms with Crippen molar-refractivity contribution in [1.82, 2.24) is 24.9 Å². The van der Waals surface area contributed by atoms with E-state index in [1.807, 2.05) is 6.07 Å². The maximum absolute atomic E-state index is 12.6. The number of carbonyl (C=O) groups is 2. The van der Waals surface area contributed by atoms with E-state index in [2.05, 4.69) is 39.6 Å². The van der Waals surface area contributed by atoms with Gasteiger partial charge in [0.15, 0.2) is 5.69 Å². The maximum atomic E-state index is 12.6. The van der Waals surface area contributed by atoms with Gasteiger partial charge in [-0.15, -0.1) is 0 Å². The highest BCUT2D eigenvalue weighted by atomic mass is 16.2. The molecule has 0 bridgehead atoms. The van der Waals surface area contributed by atoms with Crippen molar-refractivity contribution in [2.24, 2.45) is 0 Å². The van der Waals surface area contributed by atoms with Gasteiger partial charge in [0.05, 0.1) is 6.54 Å². The van der Waals surface area contributed by atoms with Crippen LogP contribution in [-0.4, -0.2) is 70.7 Å². The third kappa shape index (κ3) is 4.09. The summed E-state index contributed by atoms with van der Waals surface area (Å²) in [6, 6.07) is 12.3. The third-order valence-corrected chi connectivity index (χ3v) is 5.71. The van der Waals surface area contributed by atoms with E-state index < -0.39 is 0 Å². The molecule has 148 valence electrons. The Hall–Kier alpha value is -2.67. The number of likely N-dealkylation sites (N-methyl/N-ethyl adjacent to an activating group) is 1. The van der Waals surface area contributed by atoms with E-state index in [0.717, 1.165) is 38.9 Å². The number of likely N-dealkylation sites (tertiary alicyclic amines) is 1. The van der Waals surface area contributed by atoms with Crippen molar-refractivity contribution < 1.29 is 9.59 Å². The smallest absolute Gasteiger partial charge is 0.272 e. The average Bonchev–Trinajstić information content (AvgIpc) is 3.16. The fourth-order valence-corrected chi connectivity index (χ4v) is 3.90. The summed E-state index contributed by atoms with van der Waals surface area (Å²) in [5.41, 5.74) is 2.20. The first-order valence-electron chi connectivity index (χ1n) is 10.0. The van der Waals surface area contributed by atoms with E-state index >= 15 is 0 Å². The number of hydrogen-bond acceptors (Lipinski definition) is 4. The number of nitrogens with one attached hydrogen (secondary N) is 1. The number of carbonyl (C=O) groups excluding carboxylic acids is 2. The van der Waals surface area contributed by atoms with Gasteiger partial charge in [0.2, 0.25) is 0 Å². The monoisotopic (exact) mass is 381 g/mol. The predicted molar refractivity (Wildman–Crippen MR) is 106 cm³/mol. The van der Waals surface area contributed by atoms with E-state index in [-0.39, 0.29) is 17.9 Å². The van der Waals surface area contributed by atoms with Crippen molar-refractivity contribution in [1.29, 1.82) is 0 Å².